The zero-order valence-electron chi connectivity index (χ0n) is 26.1. The predicted molar refractivity (Wildman–Crippen MR) is 156 cm³/mol. The summed E-state index contributed by atoms with van der Waals surface area (Å²) in [4.78, 5) is 51.1. The van der Waals surface area contributed by atoms with E-state index in [0.29, 0.717) is 25.7 Å². The number of rotatable bonds is 14. The van der Waals surface area contributed by atoms with Crippen molar-refractivity contribution in [3.8, 4) is 0 Å². The highest BCUT2D eigenvalue weighted by Crippen LogP contribution is 2.74. The van der Waals surface area contributed by atoms with Gasteiger partial charge in [-0.15, -0.1) is 0 Å². The molecule has 3 N–H and O–H groups in total. The average molecular weight is 563 g/mol. The van der Waals surface area contributed by atoms with Gasteiger partial charge in [-0.3, -0.25) is 19.2 Å². The van der Waals surface area contributed by atoms with Gasteiger partial charge in [-0.2, -0.15) is 0 Å². The molecule has 0 aromatic carbocycles. The molecule has 40 heavy (non-hydrogen) atoms. The SMILES string of the molecule is CC.CCC(=O)CCC[C@@](C)(CC)C1=C2[C@H](CC)C[C@]23C(=O)CC([C@@H](O)C[C@H](O)CC(C)C(=O)O)[C@@]3(C)CC1=O. The summed E-state index contributed by atoms with van der Waals surface area (Å²) in [5.41, 5.74) is -0.126. The summed E-state index contributed by atoms with van der Waals surface area (Å²) in [6.45, 7) is 15.6. The lowest BCUT2D eigenvalue weighted by atomic mass is 9.40. The van der Waals surface area contributed by atoms with E-state index in [1.54, 1.807) is 0 Å². The molecule has 0 radical (unpaired) electrons. The molecular formula is C33H54O7. The second-order valence-electron chi connectivity index (χ2n) is 12.8. The fourth-order valence-corrected chi connectivity index (χ4v) is 8.06. The highest BCUT2D eigenvalue weighted by atomic mass is 16.4. The Morgan fingerprint density at radius 2 is 1.73 bits per heavy atom. The van der Waals surface area contributed by atoms with Crippen molar-refractivity contribution in [2.75, 3.05) is 0 Å². The predicted octanol–water partition coefficient (Wildman–Crippen LogP) is 6.08. The lowest BCUT2D eigenvalue weighted by Crippen LogP contribution is -2.60. The van der Waals surface area contributed by atoms with Crippen molar-refractivity contribution in [3.05, 3.63) is 11.1 Å². The van der Waals surface area contributed by atoms with Crippen molar-refractivity contribution in [2.24, 2.45) is 34.0 Å². The first-order valence-corrected chi connectivity index (χ1v) is 15.6. The second kappa shape index (κ2) is 13.4. The van der Waals surface area contributed by atoms with E-state index in [4.69, 9.17) is 0 Å². The Hall–Kier alpha value is -1.86. The average Bonchev–Trinajstić information content (AvgIpc) is 3.13. The number of hydrogen-bond donors (Lipinski definition) is 3. The summed E-state index contributed by atoms with van der Waals surface area (Å²) in [5.74, 6) is -1.71. The smallest absolute Gasteiger partial charge is 0.306 e. The number of carbonyl (C=O) groups excluding carboxylic acids is 3. The van der Waals surface area contributed by atoms with Crippen LogP contribution in [-0.4, -0.2) is 50.8 Å². The van der Waals surface area contributed by atoms with E-state index in [9.17, 15) is 34.5 Å². The standard InChI is InChI=1S/C31H48O7.C2H6/c1-7-19-16-31-25(36)15-22(23(34)14-21(33)13-18(4)28(37)38)30(31,6)17-24(35)27(26(19)31)29(5,9-3)12-10-11-20(32)8-2;1-2/h18-19,21-23,33-34H,7-17H2,1-6H3,(H,37,38);1-2H3/t18?,19-,21-,22?,23+,29-,30-,31+;/m1./s1. The van der Waals surface area contributed by atoms with E-state index in [1.165, 1.54) is 6.92 Å². The molecule has 0 bridgehead atoms. The van der Waals surface area contributed by atoms with E-state index < -0.39 is 46.3 Å². The molecule has 1 spiro atoms. The van der Waals surface area contributed by atoms with E-state index in [0.717, 1.165) is 30.4 Å². The molecule has 7 nitrogen and oxygen atoms in total. The van der Waals surface area contributed by atoms with Crippen molar-refractivity contribution in [1.29, 1.82) is 0 Å². The van der Waals surface area contributed by atoms with E-state index in [-0.39, 0.29) is 49.0 Å². The second-order valence-corrected chi connectivity index (χ2v) is 12.8. The molecule has 8 atom stereocenters. The molecule has 0 heterocycles. The molecule has 3 aliphatic rings. The maximum atomic E-state index is 14.0. The van der Waals surface area contributed by atoms with Crippen molar-refractivity contribution >= 4 is 23.3 Å². The number of allylic oxidation sites excluding steroid dienone is 2. The molecule has 3 aliphatic carbocycles. The lowest BCUT2D eigenvalue weighted by Gasteiger charge is -2.62. The molecule has 7 heteroatoms. The number of Topliss-reactive ketones (excluding diaryl/α,β-unsaturated/α-hetero) is 3. The van der Waals surface area contributed by atoms with E-state index in [2.05, 4.69) is 20.8 Å². The van der Waals surface area contributed by atoms with Crippen LogP contribution in [0.5, 0.6) is 0 Å². The number of hydrogen-bond acceptors (Lipinski definition) is 6. The van der Waals surface area contributed by atoms with Gasteiger partial charge in [0.15, 0.2) is 5.78 Å². The van der Waals surface area contributed by atoms with E-state index in [1.807, 2.05) is 27.7 Å². The topological polar surface area (TPSA) is 129 Å². The maximum Gasteiger partial charge on any atom is 0.306 e. The normalized spacial score (nSPS) is 31.1. The van der Waals surface area contributed by atoms with Crippen LogP contribution in [0.2, 0.25) is 0 Å². The van der Waals surface area contributed by atoms with Crippen LogP contribution in [0.4, 0.5) is 0 Å². The molecule has 0 aromatic heterocycles. The summed E-state index contributed by atoms with van der Waals surface area (Å²) in [7, 11) is 0. The summed E-state index contributed by atoms with van der Waals surface area (Å²) < 4.78 is 0. The third-order valence-electron chi connectivity index (χ3n) is 10.7. The van der Waals surface area contributed by atoms with Gasteiger partial charge in [-0.05, 0) is 73.2 Å². The number of aliphatic hydroxyl groups is 2. The summed E-state index contributed by atoms with van der Waals surface area (Å²) in [6.07, 6.45) is 3.04. The van der Waals surface area contributed by atoms with Crippen LogP contribution in [0.15, 0.2) is 11.1 Å². The first kappa shape index (κ1) is 34.3. The Morgan fingerprint density at radius 3 is 2.25 bits per heavy atom. The fourth-order valence-electron chi connectivity index (χ4n) is 8.06. The molecule has 2 unspecified atom stereocenters. The van der Waals surface area contributed by atoms with E-state index >= 15 is 0 Å². The molecule has 3 rings (SSSR count). The first-order chi connectivity index (χ1) is 18.7. The van der Waals surface area contributed by atoms with Crippen molar-refractivity contribution in [1.82, 2.24) is 0 Å². The van der Waals surface area contributed by atoms with Crippen molar-refractivity contribution in [3.63, 3.8) is 0 Å². The molecule has 2 saturated carbocycles. The first-order valence-electron chi connectivity index (χ1n) is 15.6. The summed E-state index contributed by atoms with van der Waals surface area (Å²) in [6, 6.07) is 0. The highest BCUT2D eigenvalue weighted by Gasteiger charge is 2.73. The van der Waals surface area contributed by atoms with Crippen LogP contribution in [0, 0.1) is 34.0 Å². The lowest BCUT2D eigenvalue weighted by molar-refractivity contribution is -0.144. The van der Waals surface area contributed by atoms with Gasteiger partial charge in [0.1, 0.15) is 11.6 Å². The zero-order chi connectivity index (χ0) is 30.6. The zero-order valence-corrected chi connectivity index (χ0v) is 26.1. The Balaban J connectivity index is 0.00000274. The highest BCUT2D eigenvalue weighted by molar-refractivity contribution is 6.06. The monoisotopic (exact) mass is 562 g/mol. The van der Waals surface area contributed by atoms with Crippen LogP contribution in [0.3, 0.4) is 0 Å². The van der Waals surface area contributed by atoms with Gasteiger partial charge in [-0.1, -0.05) is 55.4 Å². The quantitative estimate of drug-likeness (QED) is 0.234. The van der Waals surface area contributed by atoms with Crippen LogP contribution >= 0.6 is 0 Å². The Labute approximate surface area is 241 Å². The van der Waals surface area contributed by atoms with Crippen LogP contribution in [0.25, 0.3) is 0 Å². The molecule has 0 aliphatic heterocycles. The fraction of sp³-hybridized carbons (Fsp3) is 0.818. The van der Waals surface area contributed by atoms with Gasteiger partial charge < -0.3 is 15.3 Å². The van der Waals surface area contributed by atoms with Gasteiger partial charge in [0.25, 0.3) is 0 Å². The number of aliphatic hydroxyl groups excluding tert-OH is 2. The van der Waals surface area contributed by atoms with Crippen molar-refractivity contribution in [2.45, 2.75) is 138 Å². The summed E-state index contributed by atoms with van der Waals surface area (Å²) in [5, 5.41) is 31.0. The minimum Gasteiger partial charge on any atom is -0.481 e. The van der Waals surface area contributed by atoms with Gasteiger partial charge in [-0.25, -0.2) is 0 Å². The Bertz CT molecular complexity index is 999. The third-order valence-corrected chi connectivity index (χ3v) is 10.7. The van der Waals surface area contributed by atoms with Gasteiger partial charge in [0.05, 0.1) is 23.5 Å². The Kier molecular flexibility index (Phi) is 11.5. The summed E-state index contributed by atoms with van der Waals surface area (Å²) >= 11 is 0. The Morgan fingerprint density at radius 1 is 1.10 bits per heavy atom. The number of aliphatic carboxylic acids is 1. The molecule has 0 amide bonds. The molecule has 2 fully saturated rings. The number of carboxylic acids is 1. The minimum atomic E-state index is -1.01. The molecule has 228 valence electrons. The van der Waals surface area contributed by atoms with Crippen molar-refractivity contribution < 1.29 is 34.5 Å². The largest absolute Gasteiger partial charge is 0.481 e. The number of carbonyl (C=O) groups is 4. The number of ketones is 3. The number of carboxylic acid groups (broad SMARTS) is 1. The maximum absolute atomic E-state index is 14.0. The third kappa shape index (κ3) is 5.88. The van der Waals surface area contributed by atoms with Crippen LogP contribution in [-0.2, 0) is 19.2 Å². The van der Waals surface area contributed by atoms with Gasteiger partial charge in [0, 0.05) is 31.3 Å². The minimum absolute atomic E-state index is 0.0172. The van der Waals surface area contributed by atoms with Crippen LogP contribution in [0.1, 0.15) is 126 Å². The molecule has 0 aromatic rings. The van der Waals surface area contributed by atoms with Crippen LogP contribution < -0.4 is 0 Å². The van der Waals surface area contributed by atoms with Gasteiger partial charge in [0.2, 0.25) is 0 Å². The van der Waals surface area contributed by atoms with Gasteiger partial charge >= 0.3 is 5.97 Å². The molecular weight excluding hydrogens is 508 g/mol. The molecule has 0 saturated heterocycles.